The van der Waals surface area contributed by atoms with E-state index in [1.807, 2.05) is 11.8 Å². The van der Waals surface area contributed by atoms with Crippen LogP contribution in [0.2, 0.25) is 0 Å². The monoisotopic (exact) mass is 223 g/mol. The lowest BCUT2D eigenvalue weighted by atomic mass is 10.2. The maximum Gasteiger partial charge on any atom is 0.310 e. The molecule has 1 aromatic rings. The fraction of sp³-hybridized carbons (Fsp3) is 0.500. The van der Waals surface area contributed by atoms with Crippen LogP contribution in [0.4, 0.5) is 11.4 Å². The van der Waals surface area contributed by atoms with Gasteiger partial charge in [-0.15, -0.1) is 0 Å². The van der Waals surface area contributed by atoms with Gasteiger partial charge in [0, 0.05) is 18.8 Å². The van der Waals surface area contributed by atoms with Gasteiger partial charge in [-0.1, -0.05) is 0 Å². The Morgan fingerprint density at radius 1 is 1.69 bits per heavy atom. The van der Waals surface area contributed by atoms with Crippen LogP contribution in [-0.4, -0.2) is 35.7 Å². The van der Waals surface area contributed by atoms with E-state index in [1.54, 1.807) is 12.3 Å². The lowest BCUT2D eigenvalue weighted by molar-refractivity contribution is -0.384. The summed E-state index contributed by atoms with van der Waals surface area (Å²) in [5.41, 5.74) is 0.673. The maximum atomic E-state index is 10.9. The van der Waals surface area contributed by atoms with Crippen molar-refractivity contribution in [2.45, 2.75) is 13.0 Å². The zero-order chi connectivity index (χ0) is 11.5. The first-order valence-corrected chi connectivity index (χ1v) is 5.13. The first-order valence-electron chi connectivity index (χ1n) is 5.13. The second kappa shape index (κ2) is 4.44. The minimum Gasteiger partial charge on any atom is -0.377 e. The number of hydrogen-bond donors (Lipinski definition) is 0. The van der Waals surface area contributed by atoms with E-state index in [9.17, 15) is 10.1 Å². The minimum absolute atomic E-state index is 0.0521. The molecule has 0 aromatic carbocycles. The molecule has 0 N–H and O–H groups in total. The zero-order valence-corrected chi connectivity index (χ0v) is 9.00. The smallest absolute Gasteiger partial charge is 0.310 e. The quantitative estimate of drug-likeness (QED) is 0.557. The standard InChI is InChI=1S/C10H13N3O3/c1-8-7-16-5-4-12(8)9-2-3-11-6-10(9)13(14)15/h2-3,6,8H,4-5,7H2,1H3. The number of pyridine rings is 1. The van der Waals surface area contributed by atoms with Crippen molar-refractivity contribution in [2.75, 3.05) is 24.7 Å². The highest BCUT2D eigenvalue weighted by Crippen LogP contribution is 2.28. The fourth-order valence-corrected chi connectivity index (χ4v) is 1.85. The lowest BCUT2D eigenvalue weighted by Crippen LogP contribution is -2.43. The lowest BCUT2D eigenvalue weighted by Gasteiger charge is -2.34. The van der Waals surface area contributed by atoms with Crippen LogP contribution in [0.3, 0.4) is 0 Å². The second-order valence-corrected chi connectivity index (χ2v) is 3.74. The zero-order valence-electron chi connectivity index (χ0n) is 9.00. The van der Waals surface area contributed by atoms with E-state index in [0.29, 0.717) is 25.4 Å². The van der Waals surface area contributed by atoms with Crippen molar-refractivity contribution in [3.8, 4) is 0 Å². The van der Waals surface area contributed by atoms with Gasteiger partial charge in [0.05, 0.1) is 18.1 Å². The highest BCUT2D eigenvalue weighted by atomic mass is 16.6. The van der Waals surface area contributed by atoms with Gasteiger partial charge in [-0.2, -0.15) is 0 Å². The Hall–Kier alpha value is -1.69. The van der Waals surface area contributed by atoms with Gasteiger partial charge in [-0.25, -0.2) is 0 Å². The topological polar surface area (TPSA) is 68.5 Å². The average molecular weight is 223 g/mol. The summed E-state index contributed by atoms with van der Waals surface area (Å²) in [5, 5.41) is 10.9. The van der Waals surface area contributed by atoms with Crippen LogP contribution in [0.15, 0.2) is 18.5 Å². The Kier molecular flexibility index (Phi) is 3.00. The van der Waals surface area contributed by atoms with Gasteiger partial charge in [-0.05, 0) is 13.0 Å². The summed E-state index contributed by atoms with van der Waals surface area (Å²) in [4.78, 5) is 16.3. The number of ether oxygens (including phenoxy) is 1. The molecule has 1 unspecified atom stereocenters. The molecule has 2 rings (SSSR count). The van der Waals surface area contributed by atoms with E-state index in [2.05, 4.69) is 4.98 Å². The molecule has 0 radical (unpaired) electrons. The molecule has 1 fully saturated rings. The Morgan fingerprint density at radius 2 is 2.50 bits per heavy atom. The molecule has 16 heavy (non-hydrogen) atoms. The number of morpholine rings is 1. The average Bonchev–Trinajstić information content (AvgIpc) is 2.29. The third kappa shape index (κ3) is 1.96. The van der Waals surface area contributed by atoms with Gasteiger partial charge in [0.15, 0.2) is 0 Å². The Bertz CT molecular complexity index is 397. The molecule has 0 amide bonds. The molecule has 6 heteroatoms. The van der Waals surface area contributed by atoms with E-state index in [0.717, 1.165) is 0 Å². The van der Waals surface area contributed by atoms with Crippen molar-refractivity contribution in [1.29, 1.82) is 0 Å². The maximum absolute atomic E-state index is 10.9. The summed E-state index contributed by atoms with van der Waals surface area (Å²) in [6.07, 6.45) is 2.86. The van der Waals surface area contributed by atoms with Gasteiger partial charge in [0.2, 0.25) is 0 Å². The first-order chi connectivity index (χ1) is 7.70. The normalized spacial score (nSPS) is 20.8. The van der Waals surface area contributed by atoms with Crippen LogP contribution in [-0.2, 0) is 4.74 Å². The highest BCUT2D eigenvalue weighted by Gasteiger charge is 2.25. The van der Waals surface area contributed by atoms with Crippen LogP contribution in [0.25, 0.3) is 0 Å². The van der Waals surface area contributed by atoms with Crippen LogP contribution >= 0.6 is 0 Å². The van der Waals surface area contributed by atoms with E-state index >= 15 is 0 Å². The Balaban J connectivity index is 2.34. The largest absolute Gasteiger partial charge is 0.377 e. The summed E-state index contributed by atoms with van der Waals surface area (Å²) >= 11 is 0. The number of hydrogen-bond acceptors (Lipinski definition) is 5. The molecule has 1 saturated heterocycles. The minimum atomic E-state index is -0.398. The van der Waals surface area contributed by atoms with Crippen molar-refractivity contribution in [2.24, 2.45) is 0 Å². The molecule has 1 atom stereocenters. The van der Waals surface area contributed by atoms with Gasteiger partial charge >= 0.3 is 5.69 Å². The molecular weight excluding hydrogens is 210 g/mol. The van der Waals surface area contributed by atoms with Gasteiger partial charge < -0.3 is 9.64 Å². The van der Waals surface area contributed by atoms with E-state index in [-0.39, 0.29) is 11.7 Å². The number of nitro groups is 1. The first kappa shape index (κ1) is 10.8. The number of nitrogens with zero attached hydrogens (tertiary/aromatic N) is 3. The fourth-order valence-electron chi connectivity index (χ4n) is 1.85. The molecular formula is C10H13N3O3. The third-order valence-electron chi connectivity index (χ3n) is 2.65. The molecule has 1 aliphatic heterocycles. The third-order valence-corrected chi connectivity index (χ3v) is 2.65. The van der Waals surface area contributed by atoms with E-state index in [4.69, 9.17) is 4.74 Å². The van der Waals surface area contributed by atoms with Crippen molar-refractivity contribution >= 4 is 11.4 Å². The van der Waals surface area contributed by atoms with Gasteiger partial charge in [0.25, 0.3) is 0 Å². The summed E-state index contributed by atoms with van der Waals surface area (Å²) < 4.78 is 5.31. The Morgan fingerprint density at radius 3 is 3.19 bits per heavy atom. The molecule has 0 bridgehead atoms. The SMILES string of the molecule is CC1COCCN1c1ccncc1[N+](=O)[O-]. The highest BCUT2D eigenvalue weighted by molar-refractivity contribution is 5.62. The van der Waals surface area contributed by atoms with Crippen molar-refractivity contribution in [3.63, 3.8) is 0 Å². The molecule has 1 aliphatic rings. The van der Waals surface area contributed by atoms with Crippen LogP contribution < -0.4 is 4.90 Å². The van der Waals surface area contributed by atoms with Crippen molar-refractivity contribution in [3.05, 3.63) is 28.6 Å². The van der Waals surface area contributed by atoms with E-state index < -0.39 is 4.92 Å². The van der Waals surface area contributed by atoms with Crippen LogP contribution in [0.1, 0.15) is 6.92 Å². The molecule has 86 valence electrons. The van der Waals surface area contributed by atoms with Crippen LogP contribution in [0, 0.1) is 10.1 Å². The molecule has 1 aromatic heterocycles. The summed E-state index contributed by atoms with van der Waals surface area (Å²) in [7, 11) is 0. The molecule has 0 spiro atoms. The second-order valence-electron chi connectivity index (χ2n) is 3.74. The summed E-state index contributed by atoms with van der Waals surface area (Å²) in [6, 6.07) is 1.83. The van der Waals surface area contributed by atoms with Gasteiger partial charge in [-0.3, -0.25) is 15.1 Å². The number of aromatic nitrogens is 1. The Labute approximate surface area is 93.0 Å². The van der Waals surface area contributed by atoms with Gasteiger partial charge in [0.1, 0.15) is 11.9 Å². The number of rotatable bonds is 2. The van der Waals surface area contributed by atoms with E-state index in [1.165, 1.54) is 6.20 Å². The van der Waals surface area contributed by atoms with Crippen molar-refractivity contribution < 1.29 is 9.66 Å². The predicted molar refractivity (Wildman–Crippen MR) is 58.5 cm³/mol. The summed E-state index contributed by atoms with van der Waals surface area (Å²) in [6.45, 7) is 3.86. The molecule has 0 saturated carbocycles. The molecule has 6 nitrogen and oxygen atoms in total. The number of anilines is 1. The predicted octanol–water partition coefficient (Wildman–Crippen LogP) is 1.21. The summed E-state index contributed by atoms with van der Waals surface area (Å²) in [5.74, 6) is 0. The molecule has 0 aliphatic carbocycles. The van der Waals surface area contributed by atoms with Crippen LogP contribution in [0.5, 0.6) is 0 Å². The van der Waals surface area contributed by atoms with Crippen molar-refractivity contribution in [1.82, 2.24) is 4.98 Å². The molecule has 2 heterocycles.